The fraction of sp³-hybridized carbons (Fsp3) is 0.462. The highest BCUT2D eigenvalue weighted by molar-refractivity contribution is 8.01. The van der Waals surface area contributed by atoms with Crippen molar-refractivity contribution in [3.63, 3.8) is 0 Å². The van der Waals surface area contributed by atoms with E-state index in [-0.39, 0.29) is 18.3 Å². The number of amides is 1. The Kier molecular flexibility index (Phi) is 8.88. The van der Waals surface area contributed by atoms with Crippen LogP contribution in [0.15, 0.2) is 53.4 Å². The van der Waals surface area contributed by atoms with Gasteiger partial charge in [-0.1, -0.05) is 0 Å². The number of rotatable bonds is 7. The molecule has 0 aliphatic carbocycles. The van der Waals surface area contributed by atoms with Crippen molar-refractivity contribution in [1.82, 2.24) is 4.90 Å². The maximum atomic E-state index is 13.0. The number of piperidine rings is 1. The first-order valence-corrected chi connectivity index (χ1v) is 12.6. The molecule has 0 spiro atoms. The molecule has 2 aromatic carbocycles. The third-order valence-electron chi connectivity index (χ3n) is 5.30. The Bertz CT molecular complexity index is 1060. The molecule has 1 heterocycles. The molecule has 7 nitrogen and oxygen atoms in total. The number of alkyl halides is 3. The molecule has 0 saturated carbocycles. The van der Waals surface area contributed by atoms with Crippen LogP contribution in [0.25, 0.3) is 0 Å². The molecule has 202 valence electrons. The molecule has 0 bridgehead atoms. The van der Waals surface area contributed by atoms with Gasteiger partial charge in [0.15, 0.2) is 0 Å². The molecule has 1 aliphatic rings. The Balaban J connectivity index is 1.65. The topological polar surface area (TPSA) is 74.3 Å². The van der Waals surface area contributed by atoms with Gasteiger partial charge in [-0.3, -0.25) is 4.79 Å². The quantitative estimate of drug-likeness (QED) is 0.357. The molecule has 1 saturated heterocycles. The fourth-order valence-corrected chi connectivity index (χ4v) is 4.89. The largest absolute Gasteiger partial charge is 0.573 e. The Morgan fingerprint density at radius 1 is 0.919 bits per heavy atom. The average molecular weight is 542 g/mol. The smallest absolute Gasteiger partial charge is 0.465 e. The van der Waals surface area contributed by atoms with Crippen molar-refractivity contribution in [2.24, 2.45) is 0 Å². The maximum absolute atomic E-state index is 13.0. The third kappa shape index (κ3) is 8.48. The van der Waals surface area contributed by atoms with E-state index in [4.69, 9.17) is 14.2 Å². The highest BCUT2D eigenvalue weighted by atomic mass is 32.2. The summed E-state index contributed by atoms with van der Waals surface area (Å²) >= 11 is 1.38. The number of nitrogens with zero attached hydrogens (tertiary/aromatic N) is 1. The number of carbonyl (C=O) groups is 2. The first-order chi connectivity index (χ1) is 17.3. The van der Waals surface area contributed by atoms with Gasteiger partial charge >= 0.3 is 18.4 Å². The Morgan fingerprint density at radius 3 is 1.92 bits per heavy atom. The molecular formula is C26H30F3NO6S. The first-order valence-electron chi connectivity index (χ1n) is 11.8. The number of benzene rings is 2. The van der Waals surface area contributed by atoms with Crippen LogP contribution in [-0.4, -0.2) is 53.4 Å². The van der Waals surface area contributed by atoms with E-state index in [1.54, 1.807) is 56.9 Å². The average Bonchev–Trinajstić information content (AvgIpc) is 2.80. The molecule has 0 radical (unpaired) electrons. The summed E-state index contributed by atoms with van der Waals surface area (Å²) in [6, 6.07) is 12.1. The minimum Gasteiger partial charge on any atom is -0.465 e. The molecule has 0 atom stereocenters. The zero-order chi connectivity index (χ0) is 27.3. The van der Waals surface area contributed by atoms with Crippen LogP contribution in [0.1, 0.15) is 40.5 Å². The number of carbonyl (C=O) groups excluding carboxylic acids is 2. The second kappa shape index (κ2) is 11.5. The van der Waals surface area contributed by atoms with Crippen LogP contribution < -0.4 is 9.47 Å². The molecule has 11 heteroatoms. The summed E-state index contributed by atoms with van der Waals surface area (Å²) in [4.78, 5) is 27.8. The molecule has 0 aromatic heterocycles. The van der Waals surface area contributed by atoms with Gasteiger partial charge in [0.2, 0.25) is 0 Å². The number of halogens is 3. The number of hydrogen-bond acceptors (Lipinski definition) is 7. The van der Waals surface area contributed by atoms with Crippen molar-refractivity contribution < 1.29 is 41.7 Å². The summed E-state index contributed by atoms with van der Waals surface area (Å²) < 4.78 is 56.5. The van der Waals surface area contributed by atoms with Crippen LogP contribution in [-0.2, 0) is 14.3 Å². The van der Waals surface area contributed by atoms with Crippen LogP contribution in [0.4, 0.5) is 18.0 Å². The normalized spacial score (nSPS) is 15.6. The molecule has 1 aliphatic heterocycles. The zero-order valence-corrected chi connectivity index (χ0v) is 21.9. The SMILES string of the molecule is CCOC(=O)C1(Sc2ccc(Oc3ccc(OC(F)(F)F)cc3)cc2)CCN(C(=O)OC(C)(C)C)CC1. The Hall–Kier alpha value is -3.08. The van der Waals surface area contributed by atoms with E-state index < -0.39 is 22.8 Å². The molecule has 2 aromatic rings. The van der Waals surface area contributed by atoms with Crippen molar-refractivity contribution >= 4 is 23.8 Å². The summed E-state index contributed by atoms with van der Waals surface area (Å²) in [7, 11) is 0. The van der Waals surface area contributed by atoms with Crippen molar-refractivity contribution in [3.05, 3.63) is 48.5 Å². The number of thioether (sulfide) groups is 1. The van der Waals surface area contributed by atoms with Crippen LogP contribution in [0.3, 0.4) is 0 Å². The van der Waals surface area contributed by atoms with Gasteiger partial charge in [0.1, 0.15) is 27.6 Å². The van der Waals surface area contributed by atoms with E-state index in [1.165, 1.54) is 36.0 Å². The van der Waals surface area contributed by atoms with Gasteiger partial charge in [-0.25, -0.2) is 4.79 Å². The van der Waals surface area contributed by atoms with Crippen molar-refractivity contribution in [1.29, 1.82) is 0 Å². The van der Waals surface area contributed by atoms with E-state index in [9.17, 15) is 22.8 Å². The van der Waals surface area contributed by atoms with Crippen LogP contribution in [0, 0.1) is 0 Å². The summed E-state index contributed by atoms with van der Waals surface area (Å²) in [6.45, 7) is 8.12. The number of likely N-dealkylation sites (tertiary alicyclic amines) is 1. The standard InChI is InChI=1S/C26H30F3NO6S/c1-5-33-22(31)25(14-16-30(17-15-25)23(32)36-24(2,3)4)37-21-12-10-19(11-13-21)34-18-6-8-20(9-7-18)35-26(27,28)29/h6-13H,5,14-17H2,1-4H3. The molecule has 0 unspecified atom stereocenters. The van der Waals surface area contributed by atoms with Gasteiger partial charge < -0.3 is 23.8 Å². The first kappa shape index (κ1) is 28.5. The van der Waals surface area contributed by atoms with Gasteiger partial charge in [0.25, 0.3) is 0 Å². The van der Waals surface area contributed by atoms with Gasteiger partial charge in [0.05, 0.1) is 6.61 Å². The molecular weight excluding hydrogens is 511 g/mol. The highest BCUT2D eigenvalue weighted by Gasteiger charge is 2.45. The minimum absolute atomic E-state index is 0.247. The second-order valence-electron chi connectivity index (χ2n) is 9.38. The summed E-state index contributed by atoms with van der Waals surface area (Å²) in [5.74, 6) is 0.144. The van der Waals surface area contributed by atoms with Gasteiger partial charge in [-0.05, 0) is 89.1 Å². The molecule has 3 rings (SSSR count). The zero-order valence-electron chi connectivity index (χ0n) is 21.1. The van der Waals surface area contributed by atoms with Crippen molar-refractivity contribution in [2.45, 2.75) is 62.1 Å². The van der Waals surface area contributed by atoms with Gasteiger partial charge in [-0.2, -0.15) is 0 Å². The maximum Gasteiger partial charge on any atom is 0.573 e. The lowest BCUT2D eigenvalue weighted by Gasteiger charge is -2.39. The van der Waals surface area contributed by atoms with Gasteiger partial charge in [0, 0.05) is 18.0 Å². The predicted octanol–water partition coefficient (Wildman–Crippen LogP) is 6.80. The van der Waals surface area contributed by atoms with Crippen LogP contribution in [0.2, 0.25) is 0 Å². The monoisotopic (exact) mass is 541 g/mol. The van der Waals surface area contributed by atoms with E-state index in [0.29, 0.717) is 37.4 Å². The van der Waals surface area contributed by atoms with E-state index in [2.05, 4.69) is 4.74 Å². The third-order valence-corrected chi connectivity index (χ3v) is 6.77. The van der Waals surface area contributed by atoms with E-state index in [0.717, 1.165) is 4.90 Å². The predicted molar refractivity (Wildman–Crippen MR) is 132 cm³/mol. The number of hydrogen-bond donors (Lipinski definition) is 0. The lowest BCUT2D eigenvalue weighted by Crippen LogP contribution is -2.50. The second-order valence-corrected chi connectivity index (χ2v) is 10.8. The molecule has 1 fully saturated rings. The fourth-order valence-electron chi connectivity index (χ4n) is 3.63. The summed E-state index contributed by atoms with van der Waals surface area (Å²) in [5.41, 5.74) is -0.607. The van der Waals surface area contributed by atoms with E-state index in [1.807, 2.05) is 0 Å². The molecule has 0 N–H and O–H groups in total. The van der Waals surface area contributed by atoms with Crippen LogP contribution in [0.5, 0.6) is 17.2 Å². The Morgan fingerprint density at radius 2 is 1.43 bits per heavy atom. The number of esters is 1. The number of ether oxygens (including phenoxy) is 4. The van der Waals surface area contributed by atoms with Gasteiger partial charge in [-0.15, -0.1) is 24.9 Å². The van der Waals surface area contributed by atoms with Crippen molar-refractivity contribution in [3.8, 4) is 17.2 Å². The lowest BCUT2D eigenvalue weighted by molar-refractivity contribution is -0.274. The minimum atomic E-state index is -4.76. The van der Waals surface area contributed by atoms with Crippen molar-refractivity contribution in [2.75, 3.05) is 19.7 Å². The summed E-state index contributed by atoms with van der Waals surface area (Å²) in [5, 5.41) is 0. The highest BCUT2D eigenvalue weighted by Crippen LogP contribution is 2.43. The van der Waals surface area contributed by atoms with Crippen LogP contribution >= 0.6 is 11.8 Å². The summed E-state index contributed by atoms with van der Waals surface area (Å²) in [6.07, 6.45) is -4.36. The Labute approximate surface area is 218 Å². The molecule has 1 amide bonds. The lowest BCUT2D eigenvalue weighted by atomic mass is 9.96. The molecule has 37 heavy (non-hydrogen) atoms. The van der Waals surface area contributed by atoms with E-state index >= 15 is 0 Å².